The number of sulfone groups is 1. The van der Waals surface area contributed by atoms with E-state index >= 15 is 0 Å². The van der Waals surface area contributed by atoms with E-state index in [2.05, 4.69) is 5.32 Å². The van der Waals surface area contributed by atoms with Crippen molar-refractivity contribution in [2.24, 2.45) is 5.92 Å². The van der Waals surface area contributed by atoms with E-state index in [0.717, 1.165) is 31.2 Å². The minimum Gasteiger partial charge on any atom is -0.340 e. The third-order valence-corrected chi connectivity index (χ3v) is 7.46. The van der Waals surface area contributed by atoms with Gasteiger partial charge in [-0.3, -0.25) is 4.79 Å². The van der Waals surface area contributed by atoms with Crippen LogP contribution in [0.2, 0.25) is 0 Å². The Bertz CT molecular complexity index is 745. The second kappa shape index (κ2) is 8.74. The van der Waals surface area contributed by atoms with Gasteiger partial charge in [-0.1, -0.05) is 12.1 Å². The monoisotopic (exact) mass is 394 g/mol. The van der Waals surface area contributed by atoms with Crippen LogP contribution in [0.4, 0.5) is 0 Å². The Kier molecular flexibility index (Phi) is 7.09. The van der Waals surface area contributed by atoms with Gasteiger partial charge in [-0.15, -0.1) is 0 Å². The average Bonchev–Trinajstić information content (AvgIpc) is 2.59. The summed E-state index contributed by atoms with van der Waals surface area (Å²) in [6, 6.07) is 7.44. The highest BCUT2D eigenvalue weighted by atomic mass is 32.2. The topological polar surface area (TPSA) is 66.5 Å². The summed E-state index contributed by atoms with van der Waals surface area (Å²) in [5, 5.41) is 3.36. The fraction of sp³-hybridized carbons (Fsp3) is 0.667. The van der Waals surface area contributed by atoms with Gasteiger partial charge in [0.15, 0.2) is 9.84 Å². The fourth-order valence-electron chi connectivity index (χ4n) is 3.47. The van der Waals surface area contributed by atoms with Crippen LogP contribution in [0.25, 0.3) is 0 Å². The minimum atomic E-state index is -3.23. The molecule has 0 unspecified atom stereocenters. The van der Waals surface area contributed by atoms with E-state index in [9.17, 15) is 13.2 Å². The predicted molar refractivity (Wildman–Crippen MR) is 110 cm³/mol. The predicted octanol–water partition coefficient (Wildman–Crippen LogP) is 3.17. The van der Waals surface area contributed by atoms with Gasteiger partial charge in [0.05, 0.1) is 17.2 Å². The molecular formula is C21H34N2O3S. The number of carbonyl (C=O) groups is 1. The van der Waals surface area contributed by atoms with Crippen LogP contribution in [0.3, 0.4) is 0 Å². The Morgan fingerprint density at radius 3 is 2.37 bits per heavy atom. The van der Waals surface area contributed by atoms with Crippen LogP contribution < -0.4 is 5.32 Å². The molecule has 0 saturated heterocycles. The lowest BCUT2D eigenvalue weighted by molar-refractivity contribution is -0.133. The number of carbonyl (C=O) groups excluding carboxylic acids is 1. The first-order valence-electron chi connectivity index (χ1n) is 9.78. The van der Waals surface area contributed by atoms with Crippen LogP contribution in [-0.4, -0.2) is 50.2 Å². The molecule has 27 heavy (non-hydrogen) atoms. The van der Waals surface area contributed by atoms with Crippen LogP contribution in [0, 0.1) is 12.8 Å². The van der Waals surface area contributed by atoms with Crippen LogP contribution in [-0.2, 0) is 14.6 Å². The van der Waals surface area contributed by atoms with Gasteiger partial charge in [0.25, 0.3) is 0 Å². The molecule has 152 valence electrons. The molecule has 1 saturated carbocycles. The Morgan fingerprint density at radius 2 is 1.81 bits per heavy atom. The summed E-state index contributed by atoms with van der Waals surface area (Å²) in [6.07, 6.45) is 3.60. The highest BCUT2D eigenvalue weighted by Crippen LogP contribution is 2.27. The minimum absolute atomic E-state index is 0.0895. The van der Waals surface area contributed by atoms with Crippen LogP contribution >= 0.6 is 0 Å². The number of likely N-dealkylation sites (N-methyl/N-ethyl adjacent to an activating group) is 1. The molecule has 0 atom stereocenters. The van der Waals surface area contributed by atoms with Gasteiger partial charge in [-0.25, -0.2) is 8.42 Å². The van der Waals surface area contributed by atoms with Crippen LogP contribution in [0.1, 0.15) is 52.0 Å². The molecular weight excluding hydrogens is 360 g/mol. The second-order valence-corrected chi connectivity index (χ2v) is 10.9. The zero-order valence-electron chi connectivity index (χ0n) is 17.3. The van der Waals surface area contributed by atoms with Crippen LogP contribution in [0.15, 0.2) is 29.2 Å². The van der Waals surface area contributed by atoms with Gasteiger partial charge in [-0.2, -0.15) is 0 Å². The quantitative estimate of drug-likeness (QED) is 0.805. The van der Waals surface area contributed by atoms with E-state index in [-0.39, 0.29) is 23.1 Å². The third-order valence-electron chi connectivity index (χ3n) is 5.57. The maximum absolute atomic E-state index is 12.7. The first-order chi connectivity index (χ1) is 12.5. The molecule has 1 N–H and O–H groups in total. The van der Waals surface area contributed by atoms with Crippen molar-refractivity contribution in [2.75, 3.05) is 19.3 Å². The van der Waals surface area contributed by atoms with Crippen molar-refractivity contribution in [3.05, 3.63) is 29.8 Å². The summed E-state index contributed by atoms with van der Waals surface area (Å²) in [5.74, 6) is 0.502. The molecule has 2 rings (SSSR count). The van der Waals surface area contributed by atoms with E-state index in [1.54, 1.807) is 23.1 Å². The van der Waals surface area contributed by atoms with E-state index in [4.69, 9.17) is 0 Å². The van der Waals surface area contributed by atoms with E-state index in [1.165, 1.54) is 0 Å². The van der Waals surface area contributed by atoms with Crippen molar-refractivity contribution in [2.45, 2.75) is 69.9 Å². The normalized spacial score (nSPS) is 21.1. The summed E-state index contributed by atoms with van der Waals surface area (Å²) in [5.41, 5.74) is 0.787. The molecule has 1 amide bonds. The molecule has 1 aromatic rings. The zero-order valence-corrected chi connectivity index (χ0v) is 18.1. The second-order valence-electron chi connectivity index (χ2n) is 8.82. The fourth-order valence-corrected chi connectivity index (χ4v) is 5.27. The number of aryl methyl sites for hydroxylation is 1. The number of hydrogen-bond donors (Lipinski definition) is 1. The molecule has 1 aromatic carbocycles. The molecule has 0 aromatic heterocycles. The number of benzene rings is 1. The maximum Gasteiger partial charge on any atom is 0.236 e. The lowest BCUT2D eigenvalue weighted by atomic mass is 9.87. The first kappa shape index (κ1) is 21.9. The van der Waals surface area contributed by atoms with Crippen molar-refractivity contribution in [1.29, 1.82) is 0 Å². The summed E-state index contributed by atoms with van der Waals surface area (Å²) >= 11 is 0. The zero-order chi connectivity index (χ0) is 20.2. The van der Waals surface area contributed by atoms with Gasteiger partial charge in [-0.05, 0) is 77.0 Å². The van der Waals surface area contributed by atoms with Crippen molar-refractivity contribution < 1.29 is 13.2 Å². The number of hydrogen-bond acceptors (Lipinski definition) is 4. The summed E-state index contributed by atoms with van der Waals surface area (Å²) in [4.78, 5) is 14.4. The smallest absolute Gasteiger partial charge is 0.236 e. The first-order valence-corrected chi connectivity index (χ1v) is 11.4. The maximum atomic E-state index is 12.7. The van der Waals surface area contributed by atoms with Gasteiger partial charge in [0.2, 0.25) is 5.91 Å². The molecule has 5 nitrogen and oxygen atoms in total. The highest BCUT2D eigenvalue weighted by Gasteiger charge is 2.28. The molecule has 1 aliphatic carbocycles. The molecule has 0 aliphatic heterocycles. The molecule has 0 spiro atoms. The van der Waals surface area contributed by atoms with Crippen molar-refractivity contribution in [3.63, 3.8) is 0 Å². The molecule has 0 heterocycles. The van der Waals surface area contributed by atoms with E-state index in [1.807, 2.05) is 40.8 Å². The van der Waals surface area contributed by atoms with Crippen molar-refractivity contribution in [1.82, 2.24) is 10.2 Å². The van der Waals surface area contributed by atoms with Crippen LogP contribution in [0.5, 0.6) is 0 Å². The van der Waals surface area contributed by atoms with E-state index < -0.39 is 9.84 Å². The van der Waals surface area contributed by atoms with Gasteiger partial charge < -0.3 is 10.2 Å². The SMILES string of the molecule is Cc1cccc(S(=O)(=O)CC2CCC(NCC(=O)N(C)C(C)(C)C)CC2)c1. The Hall–Kier alpha value is -1.40. The molecule has 6 heteroatoms. The highest BCUT2D eigenvalue weighted by molar-refractivity contribution is 7.91. The summed E-state index contributed by atoms with van der Waals surface area (Å²) in [7, 11) is -1.40. The van der Waals surface area contributed by atoms with Gasteiger partial charge >= 0.3 is 0 Å². The standard InChI is InChI=1S/C21H34N2O3S/c1-16-7-6-8-19(13-16)27(25,26)15-17-9-11-18(12-10-17)22-14-20(24)23(5)21(2,3)4/h6-8,13,17-18,22H,9-12,14-15H2,1-5H3. The average molecular weight is 395 g/mol. The lowest BCUT2D eigenvalue weighted by Gasteiger charge is -2.33. The number of nitrogens with zero attached hydrogens (tertiary/aromatic N) is 1. The molecule has 1 aliphatic rings. The molecule has 0 bridgehead atoms. The Balaban J connectivity index is 1.81. The Morgan fingerprint density at radius 1 is 1.19 bits per heavy atom. The van der Waals surface area contributed by atoms with E-state index in [0.29, 0.717) is 17.5 Å². The lowest BCUT2D eigenvalue weighted by Crippen LogP contribution is -2.48. The van der Waals surface area contributed by atoms with Gasteiger partial charge in [0.1, 0.15) is 0 Å². The number of amides is 1. The third kappa shape index (κ3) is 6.32. The molecule has 1 fully saturated rings. The number of nitrogens with one attached hydrogen (secondary N) is 1. The number of rotatable bonds is 6. The van der Waals surface area contributed by atoms with Crippen molar-refractivity contribution >= 4 is 15.7 Å². The summed E-state index contributed by atoms with van der Waals surface area (Å²) in [6.45, 7) is 8.30. The Labute approximate surface area is 164 Å². The van der Waals surface area contributed by atoms with Gasteiger partial charge in [0, 0.05) is 18.6 Å². The summed E-state index contributed by atoms with van der Waals surface area (Å²) < 4.78 is 25.3. The van der Waals surface area contributed by atoms with Crippen molar-refractivity contribution in [3.8, 4) is 0 Å². The largest absolute Gasteiger partial charge is 0.340 e. The molecule has 0 radical (unpaired) electrons.